The van der Waals surface area contributed by atoms with Crippen molar-refractivity contribution >= 4 is 0 Å². The molecule has 0 spiro atoms. The molecule has 0 radical (unpaired) electrons. The van der Waals surface area contributed by atoms with Gasteiger partial charge in [0.15, 0.2) is 0 Å². The molecule has 2 atom stereocenters. The number of hydrogen-bond donors (Lipinski definition) is 0. The maximum Gasteiger partial charge on any atom is -0.0303 e. The van der Waals surface area contributed by atoms with Crippen LogP contribution in [0.25, 0.3) is 0 Å². The second-order valence-corrected chi connectivity index (χ2v) is 4.69. The summed E-state index contributed by atoms with van der Waals surface area (Å²) in [7, 11) is 0. The van der Waals surface area contributed by atoms with E-state index in [0.717, 1.165) is 11.8 Å². The molecule has 0 bridgehead atoms. The van der Waals surface area contributed by atoms with Gasteiger partial charge in [0.25, 0.3) is 0 Å². The van der Waals surface area contributed by atoms with E-state index in [0.29, 0.717) is 5.41 Å². The highest BCUT2D eigenvalue weighted by Crippen LogP contribution is 2.38. The van der Waals surface area contributed by atoms with Crippen molar-refractivity contribution in [3.05, 3.63) is 18.9 Å². The van der Waals surface area contributed by atoms with Gasteiger partial charge in [-0.3, -0.25) is 0 Å². The second kappa shape index (κ2) is 7.88. The van der Waals surface area contributed by atoms with Gasteiger partial charge in [0, 0.05) is 0 Å². The third kappa shape index (κ3) is 5.29. The molecule has 0 saturated heterocycles. The van der Waals surface area contributed by atoms with Gasteiger partial charge < -0.3 is 0 Å². The van der Waals surface area contributed by atoms with Crippen LogP contribution in [0.5, 0.6) is 0 Å². The molecule has 0 aliphatic heterocycles. The topological polar surface area (TPSA) is 0 Å². The zero-order valence-corrected chi connectivity index (χ0v) is 11.0. The highest BCUT2D eigenvalue weighted by molar-refractivity contribution is 4.78. The molecule has 0 saturated carbocycles. The van der Waals surface area contributed by atoms with E-state index in [-0.39, 0.29) is 0 Å². The Morgan fingerprint density at radius 2 is 1.21 bits per heavy atom. The zero-order chi connectivity index (χ0) is 11.8. The van der Waals surface area contributed by atoms with Gasteiger partial charge in [-0.15, -0.1) is 5.73 Å². The van der Waals surface area contributed by atoms with Crippen LogP contribution in [0, 0.1) is 17.3 Å². The first-order valence-electron chi connectivity index (χ1n) is 5.67. The summed E-state index contributed by atoms with van der Waals surface area (Å²) in [5, 5.41) is 0. The van der Waals surface area contributed by atoms with E-state index in [1.807, 2.05) is 0 Å². The average molecular weight is 196 g/mol. The van der Waals surface area contributed by atoms with E-state index < -0.39 is 0 Å². The quantitative estimate of drug-likeness (QED) is 0.551. The fraction of sp³-hybridized carbons (Fsp3) is 0.786. The Balaban J connectivity index is 0. The van der Waals surface area contributed by atoms with Crippen LogP contribution >= 0.6 is 0 Å². The second-order valence-electron chi connectivity index (χ2n) is 4.69. The molecule has 0 nitrogen and oxygen atoms in total. The molecule has 0 aliphatic rings. The largest absolute Gasteiger partial charge is 0.137 e. The van der Waals surface area contributed by atoms with Crippen LogP contribution in [0.15, 0.2) is 18.9 Å². The zero-order valence-electron chi connectivity index (χ0n) is 11.0. The van der Waals surface area contributed by atoms with Gasteiger partial charge in [0.05, 0.1) is 0 Å². The summed E-state index contributed by atoms with van der Waals surface area (Å²) in [6, 6.07) is 0. The van der Waals surface area contributed by atoms with Crippen molar-refractivity contribution in [3.8, 4) is 0 Å². The Bertz CT molecular complexity index is 147. The first-order valence-corrected chi connectivity index (χ1v) is 5.67. The first-order chi connectivity index (χ1) is 6.38. The lowest BCUT2D eigenvalue weighted by Gasteiger charge is -2.37. The van der Waals surface area contributed by atoms with Gasteiger partial charge in [0.2, 0.25) is 0 Å². The minimum atomic E-state index is 0.517. The summed E-state index contributed by atoms with van der Waals surface area (Å²) in [6.45, 7) is 20.4. The van der Waals surface area contributed by atoms with E-state index in [9.17, 15) is 0 Å². The van der Waals surface area contributed by atoms with Gasteiger partial charge in [-0.25, -0.2) is 0 Å². The van der Waals surface area contributed by atoms with Gasteiger partial charge >= 0.3 is 0 Å². The Morgan fingerprint density at radius 1 is 1.00 bits per heavy atom. The highest BCUT2D eigenvalue weighted by atomic mass is 14.3. The first kappa shape index (κ1) is 16.0. The van der Waals surface area contributed by atoms with Gasteiger partial charge in [0.1, 0.15) is 0 Å². The van der Waals surface area contributed by atoms with Gasteiger partial charge in [-0.1, -0.05) is 67.5 Å². The Kier molecular flexibility index (Phi) is 8.99. The minimum absolute atomic E-state index is 0.517. The van der Waals surface area contributed by atoms with Gasteiger partial charge in [-0.05, 0) is 17.3 Å². The highest BCUT2D eigenvalue weighted by Gasteiger charge is 2.29. The maximum absolute atomic E-state index is 3.12. The normalized spacial score (nSPS) is 14.7. The fourth-order valence-electron chi connectivity index (χ4n) is 1.54. The minimum Gasteiger partial charge on any atom is -0.137 e. The van der Waals surface area contributed by atoms with E-state index in [1.165, 1.54) is 12.8 Å². The molecule has 0 aliphatic carbocycles. The SMILES string of the molecule is C=C=C.CCC(C)C(C)(C)C(C)CC. The lowest BCUT2D eigenvalue weighted by molar-refractivity contribution is 0.131. The fourth-order valence-corrected chi connectivity index (χ4v) is 1.54. The molecule has 0 heterocycles. The number of rotatable bonds is 4. The maximum atomic E-state index is 3.12. The molecule has 0 aromatic rings. The Hall–Kier alpha value is -0.480. The standard InChI is InChI=1S/C11H24.C3H4/c1-7-9(3)11(5,6)10(4)8-2;1-3-2/h9-10H,7-8H2,1-6H3;1-2H2. The molecule has 14 heavy (non-hydrogen) atoms. The molecule has 2 unspecified atom stereocenters. The van der Waals surface area contributed by atoms with E-state index >= 15 is 0 Å². The molecule has 0 N–H and O–H groups in total. The van der Waals surface area contributed by atoms with Crippen molar-refractivity contribution in [3.63, 3.8) is 0 Å². The summed E-state index contributed by atoms with van der Waals surface area (Å²) in [5.41, 5.74) is 2.77. The molecule has 0 fully saturated rings. The smallest absolute Gasteiger partial charge is 0.0303 e. The average Bonchev–Trinajstić information content (AvgIpc) is 2.16. The summed E-state index contributed by atoms with van der Waals surface area (Å²) >= 11 is 0. The van der Waals surface area contributed by atoms with E-state index in [2.05, 4.69) is 60.4 Å². The predicted molar refractivity (Wildman–Crippen MR) is 67.5 cm³/mol. The Labute approximate surface area is 91.1 Å². The van der Waals surface area contributed by atoms with Crippen LogP contribution in [-0.4, -0.2) is 0 Å². The molecule has 0 amide bonds. The van der Waals surface area contributed by atoms with Crippen molar-refractivity contribution in [1.29, 1.82) is 0 Å². The monoisotopic (exact) mass is 196 g/mol. The molecule has 0 aromatic carbocycles. The van der Waals surface area contributed by atoms with Crippen molar-refractivity contribution < 1.29 is 0 Å². The molecule has 0 rings (SSSR count). The summed E-state index contributed by atoms with van der Waals surface area (Å²) in [6.07, 6.45) is 2.61. The van der Waals surface area contributed by atoms with Crippen molar-refractivity contribution in [2.75, 3.05) is 0 Å². The molecule has 84 valence electrons. The number of hydrogen-bond acceptors (Lipinski definition) is 0. The molecular formula is C14H28. The lowest BCUT2D eigenvalue weighted by atomic mass is 9.69. The van der Waals surface area contributed by atoms with Crippen LogP contribution in [0.3, 0.4) is 0 Å². The summed E-state index contributed by atoms with van der Waals surface area (Å²) < 4.78 is 0. The lowest BCUT2D eigenvalue weighted by Crippen LogP contribution is -2.28. The van der Waals surface area contributed by atoms with Crippen LogP contribution in [-0.2, 0) is 0 Å². The summed E-state index contributed by atoms with van der Waals surface area (Å²) in [4.78, 5) is 0. The Morgan fingerprint density at radius 3 is 1.36 bits per heavy atom. The molecular weight excluding hydrogens is 168 g/mol. The molecule has 0 heteroatoms. The van der Waals surface area contributed by atoms with Crippen LogP contribution in [0.1, 0.15) is 54.4 Å². The van der Waals surface area contributed by atoms with Crippen molar-refractivity contribution in [2.24, 2.45) is 17.3 Å². The van der Waals surface area contributed by atoms with Crippen molar-refractivity contribution in [1.82, 2.24) is 0 Å². The van der Waals surface area contributed by atoms with Crippen LogP contribution in [0.2, 0.25) is 0 Å². The third-order valence-corrected chi connectivity index (χ3v) is 3.76. The summed E-state index contributed by atoms with van der Waals surface area (Å²) in [5.74, 6) is 1.69. The molecule has 0 aromatic heterocycles. The van der Waals surface area contributed by atoms with Crippen LogP contribution < -0.4 is 0 Å². The third-order valence-electron chi connectivity index (χ3n) is 3.76. The van der Waals surface area contributed by atoms with Crippen LogP contribution in [0.4, 0.5) is 0 Å². The van der Waals surface area contributed by atoms with Crippen molar-refractivity contribution in [2.45, 2.75) is 54.4 Å². The van der Waals surface area contributed by atoms with Gasteiger partial charge in [-0.2, -0.15) is 0 Å². The van der Waals surface area contributed by atoms with E-state index in [4.69, 9.17) is 0 Å². The van der Waals surface area contributed by atoms with E-state index in [1.54, 1.807) is 0 Å². The predicted octanol–water partition coefficient (Wildman–Crippen LogP) is 5.06.